The van der Waals surface area contributed by atoms with E-state index >= 15 is 0 Å². The van der Waals surface area contributed by atoms with Gasteiger partial charge in [0.2, 0.25) is 0 Å². The first kappa shape index (κ1) is 17.9. The highest BCUT2D eigenvalue weighted by molar-refractivity contribution is 5.33. The summed E-state index contributed by atoms with van der Waals surface area (Å²) in [6.45, 7) is 4.94. The topological polar surface area (TPSA) is 49.0 Å². The zero-order valence-electron chi connectivity index (χ0n) is 13.1. The van der Waals surface area contributed by atoms with E-state index in [9.17, 15) is 0 Å². The van der Waals surface area contributed by atoms with Crippen molar-refractivity contribution < 1.29 is 18.9 Å². The Morgan fingerprint density at radius 3 is 2.33 bits per heavy atom. The molecule has 5 nitrogen and oxygen atoms in total. The number of benzene rings is 1. The van der Waals surface area contributed by atoms with Crippen LogP contribution in [0.2, 0.25) is 0 Å². The Labute approximate surface area is 127 Å². The summed E-state index contributed by atoms with van der Waals surface area (Å²) in [6.07, 6.45) is 0.949. The van der Waals surface area contributed by atoms with Gasteiger partial charge >= 0.3 is 0 Å². The fraction of sp³-hybridized carbons (Fsp3) is 0.625. The number of methoxy groups -OCH3 is 2. The Bertz CT molecular complexity index is 360. The molecule has 0 unspecified atom stereocenters. The van der Waals surface area contributed by atoms with Crippen LogP contribution < -0.4 is 10.1 Å². The molecule has 0 fully saturated rings. The number of hydrogen-bond donors (Lipinski definition) is 1. The van der Waals surface area contributed by atoms with Crippen molar-refractivity contribution in [2.45, 2.75) is 6.42 Å². The van der Waals surface area contributed by atoms with Crippen LogP contribution in [0.3, 0.4) is 0 Å². The van der Waals surface area contributed by atoms with E-state index in [0.717, 1.165) is 25.3 Å². The number of nitrogens with one attached hydrogen (secondary N) is 1. The molecule has 1 aromatic carbocycles. The molecule has 0 radical (unpaired) electrons. The molecule has 0 spiro atoms. The monoisotopic (exact) mass is 297 g/mol. The molecule has 1 aromatic rings. The number of rotatable bonds is 13. The second-order valence-electron chi connectivity index (χ2n) is 4.53. The van der Waals surface area contributed by atoms with E-state index in [1.54, 1.807) is 14.2 Å². The third-order valence-corrected chi connectivity index (χ3v) is 2.99. The van der Waals surface area contributed by atoms with E-state index in [-0.39, 0.29) is 0 Å². The zero-order valence-corrected chi connectivity index (χ0v) is 13.1. The summed E-state index contributed by atoms with van der Waals surface area (Å²) in [6, 6.07) is 8.10. The molecule has 0 saturated heterocycles. The van der Waals surface area contributed by atoms with E-state index in [4.69, 9.17) is 18.9 Å². The number of hydrogen-bond acceptors (Lipinski definition) is 5. The van der Waals surface area contributed by atoms with Crippen molar-refractivity contribution >= 4 is 0 Å². The average molecular weight is 297 g/mol. The van der Waals surface area contributed by atoms with Crippen LogP contribution in [0, 0.1) is 0 Å². The second-order valence-corrected chi connectivity index (χ2v) is 4.53. The molecule has 1 rings (SSSR count). The molecule has 0 aromatic heterocycles. The van der Waals surface area contributed by atoms with E-state index in [1.807, 2.05) is 18.2 Å². The predicted molar refractivity (Wildman–Crippen MR) is 83.1 cm³/mol. The maximum absolute atomic E-state index is 5.46. The molecule has 21 heavy (non-hydrogen) atoms. The lowest BCUT2D eigenvalue weighted by Crippen LogP contribution is -2.23. The molecular formula is C16H27NO4. The largest absolute Gasteiger partial charge is 0.496 e. The van der Waals surface area contributed by atoms with Crippen molar-refractivity contribution in [2.75, 3.05) is 60.3 Å². The molecule has 0 heterocycles. The number of ether oxygens (including phenoxy) is 4. The first-order valence-corrected chi connectivity index (χ1v) is 7.35. The fourth-order valence-electron chi connectivity index (χ4n) is 1.87. The van der Waals surface area contributed by atoms with Crippen LogP contribution in [0.5, 0.6) is 5.75 Å². The minimum absolute atomic E-state index is 0.616. The molecule has 1 N–H and O–H groups in total. The van der Waals surface area contributed by atoms with Crippen molar-refractivity contribution in [1.82, 2.24) is 5.32 Å². The van der Waals surface area contributed by atoms with Gasteiger partial charge in [0, 0.05) is 13.7 Å². The van der Waals surface area contributed by atoms with E-state index < -0.39 is 0 Å². The van der Waals surface area contributed by atoms with Crippen molar-refractivity contribution in [3.63, 3.8) is 0 Å². The van der Waals surface area contributed by atoms with Crippen molar-refractivity contribution in [3.8, 4) is 5.75 Å². The summed E-state index contributed by atoms with van der Waals surface area (Å²) in [5, 5.41) is 3.36. The lowest BCUT2D eigenvalue weighted by molar-refractivity contribution is 0.0256. The molecule has 120 valence electrons. The molecule has 0 aliphatic rings. The Morgan fingerprint density at radius 2 is 1.57 bits per heavy atom. The molecular weight excluding hydrogens is 270 g/mol. The maximum atomic E-state index is 5.46. The van der Waals surface area contributed by atoms with Gasteiger partial charge in [-0.15, -0.1) is 0 Å². The van der Waals surface area contributed by atoms with Crippen molar-refractivity contribution in [2.24, 2.45) is 0 Å². The van der Waals surface area contributed by atoms with Crippen molar-refractivity contribution in [1.29, 1.82) is 0 Å². The molecule has 0 aliphatic carbocycles. The standard InChI is InChI=1S/C16H27NO4/c1-18-11-12-21-14-13-20-10-9-17-8-7-15-5-3-4-6-16(15)19-2/h3-6,17H,7-14H2,1-2H3. The Balaban J connectivity index is 1.93. The highest BCUT2D eigenvalue weighted by atomic mass is 16.5. The van der Waals surface area contributed by atoms with Gasteiger partial charge < -0.3 is 24.3 Å². The highest BCUT2D eigenvalue weighted by Crippen LogP contribution is 2.16. The van der Waals surface area contributed by atoms with Crippen LogP contribution in [0.25, 0.3) is 0 Å². The Hall–Kier alpha value is -1.14. The quantitative estimate of drug-likeness (QED) is 0.559. The molecule has 0 amide bonds. The van der Waals surface area contributed by atoms with Gasteiger partial charge in [-0.25, -0.2) is 0 Å². The van der Waals surface area contributed by atoms with Crippen LogP contribution in [-0.4, -0.2) is 60.3 Å². The summed E-state index contributed by atoms with van der Waals surface area (Å²) < 4.78 is 21.0. The van der Waals surface area contributed by atoms with Gasteiger partial charge in [0.05, 0.1) is 40.1 Å². The average Bonchev–Trinajstić information content (AvgIpc) is 2.53. The highest BCUT2D eigenvalue weighted by Gasteiger charge is 2.00. The minimum atomic E-state index is 0.616. The van der Waals surface area contributed by atoms with Gasteiger partial charge in [0.1, 0.15) is 5.75 Å². The normalized spacial score (nSPS) is 10.8. The molecule has 0 bridgehead atoms. The Kier molecular flexibility index (Phi) is 10.7. The molecule has 0 aliphatic heterocycles. The lowest BCUT2D eigenvalue weighted by Gasteiger charge is -2.09. The lowest BCUT2D eigenvalue weighted by atomic mass is 10.1. The predicted octanol–water partition coefficient (Wildman–Crippen LogP) is 1.51. The summed E-state index contributed by atoms with van der Waals surface area (Å²) >= 11 is 0. The van der Waals surface area contributed by atoms with Crippen LogP contribution in [0.1, 0.15) is 5.56 Å². The van der Waals surface area contributed by atoms with E-state index in [0.29, 0.717) is 33.0 Å². The molecule has 0 saturated carbocycles. The second kappa shape index (κ2) is 12.6. The van der Waals surface area contributed by atoms with Crippen molar-refractivity contribution in [3.05, 3.63) is 29.8 Å². The first-order chi connectivity index (χ1) is 10.4. The summed E-state index contributed by atoms with van der Waals surface area (Å²) in [4.78, 5) is 0. The third kappa shape index (κ3) is 8.67. The summed E-state index contributed by atoms with van der Waals surface area (Å²) in [5.41, 5.74) is 1.22. The molecule has 0 atom stereocenters. The Morgan fingerprint density at radius 1 is 0.857 bits per heavy atom. The van der Waals surface area contributed by atoms with Gasteiger partial charge in [-0.2, -0.15) is 0 Å². The number of para-hydroxylation sites is 1. The minimum Gasteiger partial charge on any atom is -0.496 e. The van der Waals surface area contributed by atoms with Crippen LogP contribution in [-0.2, 0) is 20.6 Å². The van der Waals surface area contributed by atoms with Gasteiger partial charge in [-0.3, -0.25) is 0 Å². The first-order valence-electron chi connectivity index (χ1n) is 7.35. The van der Waals surface area contributed by atoms with Crippen LogP contribution in [0.15, 0.2) is 24.3 Å². The van der Waals surface area contributed by atoms with Gasteiger partial charge in [0.15, 0.2) is 0 Å². The third-order valence-electron chi connectivity index (χ3n) is 2.99. The van der Waals surface area contributed by atoms with Gasteiger partial charge in [-0.05, 0) is 24.6 Å². The summed E-state index contributed by atoms with van der Waals surface area (Å²) in [5.74, 6) is 0.948. The van der Waals surface area contributed by atoms with E-state index in [1.165, 1.54) is 5.56 Å². The van der Waals surface area contributed by atoms with E-state index in [2.05, 4.69) is 11.4 Å². The van der Waals surface area contributed by atoms with Crippen LogP contribution in [0.4, 0.5) is 0 Å². The van der Waals surface area contributed by atoms with Gasteiger partial charge in [-0.1, -0.05) is 18.2 Å². The fourth-order valence-corrected chi connectivity index (χ4v) is 1.87. The summed E-state index contributed by atoms with van der Waals surface area (Å²) in [7, 11) is 3.37. The SMILES string of the molecule is COCCOCCOCCNCCc1ccccc1OC. The smallest absolute Gasteiger partial charge is 0.122 e. The van der Waals surface area contributed by atoms with Crippen LogP contribution >= 0.6 is 0 Å². The van der Waals surface area contributed by atoms with Gasteiger partial charge in [0.25, 0.3) is 0 Å². The molecule has 5 heteroatoms. The zero-order chi connectivity index (χ0) is 15.2. The maximum Gasteiger partial charge on any atom is 0.122 e.